The number of anilines is 12. The number of nitrogens with zero attached hydrogens (tertiary/aromatic N) is 24. The zero-order chi connectivity index (χ0) is 84.3. The van der Waals surface area contributed by atoms with E-state index in [1.165, 1.54) is 0 Å². The van der Waals surface area contributed by atoms with Crippen LogP contribution in [0.1, 0.15) is 82.1 Å². The van der Waals surface area contributed by atoms with Crippen molar-refractivity contribution in [2.75, 3.05) is 196 Å². The Morgan fingerprint density at radius 1 is 0.342 bits per heavy atom. The van der Waals surface area contributed by atoms with Gasteiger partial charge in [0.25, 0.3) is 0 Å². The molecule has 0 unspecified atom stereocenters. The first kappa shape index (κ1) is 84.9. The average molecular weight is 1640 g/mol. The van der Waals surface area contributed by atoms with E-state index in [4.69, 9.17) is 14.2 Å². The molecule has 36 heteroatoms. The van der Waals surface area contributed by atoms with Crippen molar-refractivity contribution >= 4 is 105 Å². The molecule has 3 aromatic carbocycles. The van der Waals surface area contributed by atoms with Gasteiger partial charge in [0.15, 0.2) is 0 Å². The molecule has 120 heavy (non-hydrogen) atoms. The number of hydrogen-bond donors (Lipinski definition) is 3. The topological polar surface area (TPSA) is 336 Å². The van der Waals surface area contributed by atoms with Crippen molar-refractivity contribution in [2.45, 2.75) is 106 Å². The summed E-state index contributed by atoms with van der Waals surface area (Å²) in [6, 6.07) is 36.5. The Kier molecular flexibility index (Phi) is 28.2. The molecule has 9 aromatic rings. The summed E-state index contributed by atoms with van der Waals surface area (Å²) in [5.74, 6) is 4.37. The summed E-state index contributed by atoms with van der Waals surface area (Å²) in [5.41, 5.74) is 8.55. The van der Waals surface area contributed by atoms with E-state index < -0.39 is 0 Å². The van der Waals surface area contributed by atoms with E-state index >= 15 is 0 Å². The molecule has 0 saturated carbocycles. The molecule has 6 aliphatic heterocycles. The summed E-state index contributed by atoms with van der Waals surface area (Å²) in [7, 11) is 0. The number of benzene rings is 3. The Morgan fingerprint density at radius 2 is 0.650 bits per heavy atom. The Balaban J connectivity index is 0.000000156. The van der Waals surface area contributed by atoms with E-state index in [0.29, 0.717) is 83.5 Å². The minimum absolute atomic E-state index is 0.104. The number of aromatic nitrogens is 12. The van der Waals surface area contributed by atoms with Gasteiger partial charge < -0.3 is 89.0 Å². The van der Waals surface area contributed by atoms with Crippen molar-refractivity contribution in [3.63, 3.8) is 0 Å². The fourth-order valence-corrected chi connectivity index (χ4v) is 16.0. The van der Waals surface area contributed by atoms with Gasteiger partial charge in [-0.15, -0.1) is 15.3 Å². The fourth-order valence-electron chi connectivity index (χ4n) is 16.0. The number of pyridine rings is 3. The highest BCUT2D eigenvalue weighted by atomic mass is 16.6. The maximum Gasteiger partial charge on any atom is 0.409 e. The highest BCUT2D eigenvalue weighted by Crippen LogP contribution is 2.30. The number of piperazine rings is 5. The van der Waals surface area contributed by atoms with Gasteiger partial charge in [-0.1, -0.05) is 6.92 Å². The Labute approximate surface area is 700 Å². The third kappa shape index (κ3) is 21.6. The second kappa shape index (κ2) is 39.9. The standard InChI is InChI=1S/C29H39N9O3.C28H37N9O3.C27H35N9O3/c1-5-16-41-29(40)35-14-12-34(13-15-35)25-8-6-24(7-9-25)32-28-31-20-37(33-28)26-10-11-30-27(17-26)36-18-21(2)38(23(4)39)22(3)19-36;1-5-40-28(39)34-14-12-33(13-15-34)24-8-6-23(7-9-24)31-27-30-19-36(32-27)25-10-11-29-26(16-25)35-17-20(2)37(22(4)38)21(3)18-35;1-3-39-27(38)35-17-14-33(15-18-35)23-7-5-22(6-8-23)30-26-29-20-36(31-26)24-9-10-28-25(19-24)34-12-4-11-32(13-16-34)21(2)37/h6-11,17,20-22H,5,12-16,18-19H2,1-4H3,(H,32,33);6-11,16,19-21H,5,12-15,17-18H2,1-4H3,(H,31,32);5-10,19-20H,3-4,11-18H2,1-2H3,(H,30,31)/t21-,22+;20-,21+;. The lowest BCUT2D eigenvalue weighted by atomic mass is 10.1. The minimum atomic E-state index is -0.242. The zero-order valence-corrected chi connectivity index (χ0v) is 70.3. The number of amides is 6. The van der Waals surface area contributed by atoms with Crippen molar-refractivity contribution in [1.29, 1.82) is 0 Å². The second-order valence-electron chi connectivity index (χ2n) is 30.5. The van der Waals surface area contributed by atoms with Crippen LogP contribution < -0.4 is 45.3 Å². The van der Waals surface area contributed by atoms with Crippen molar-refractivity contribution in [3.8, 4) is 17.1 Å². The van der Waals surface area contributed by atoms with Crippen LogP contribution in [0.3, 0.4) is 0 Å². The van der Waals surface area contributed by atoms with Crippen LogP contribution in [-0.2, 0) is 28.6 Å². The van der Waals surface area contributed by atoms with E-state index in [2.05, 4.69) is 155 Å². The van der Waals surface area contributed by atoms with Crippen LogP contribution in [0.2, 0.25) is 0 Å². The van der Waals surface area contributed by atoms with Gasteiger partial charge in [-0.3, -0.25) is 14.4 Å². The first-order valence-electron chi connectivity index (χ1n) is 41.5. The maximum absolute atomic E-state index is 12.1. The van der Waals surface area contributed by atoms with Crippen LogP contribution in [-0.4, -0.2) is 300 Å². The van der Waals surface area contributed by atoms with Crippen LogP contribution in [0.25, 0.3) is 17.1 Å². The van der Waals surface area contributed by atoms with Gasteiger partial charge in [-0.25, -0.2) is 43.4 Å². The molecule has 3 N–H and O–H groups in total. The molecule has 6 aliphatic rings. The summed E-state index contributed by atoms with van der Waals surface area (Å²) in [6.45, 7) is 34.4. The third-order valence-electron chi connectivity index (χ3n) is 22.0. The van der Waals surface area contributed by atoms with Crippen LogP contribution in [0.4, 0.5) is 83.8 Å². The van der Waals surface area contributed by atoms with E-state index in [1.54, 1.807) is 87.1 Å². The molecule has 636 valence electrons. The predicted octanol–water partition coefficient (Wildman–Crippen LogP) is 9.39. The number of carbonyl (C=O) groups excluding carboxylic acids is 6. The van der Waals surface area contributed by atoms with Crippen LogP contribution in [0, 0.1) is 0 Å². The molecule has 0 spiro atoms. The Bertz CT molecular complexity index is 4870. The van der Waals surface area contributed by atoms with E-state index in [0.717, 1.165) is 167 Å². The molecule has 15 rings (SSSR count). The molecule has 6 saturated heterocycles. The third-order valence-corrected chi connectivity index (χ3v) is 22.0. The van der Waals surface area contributed by atoms with Gasteiger partial charge in [0.05, 0.1) is 36.9 Å². The van der Waals surface area contributed by atoms with Gasteiger partial charge in [0.1, 0.15) is 36.4 Å². The normalized spacial score (nSPS) is 18.4. The molecular formula is C84H111N27O9. The number of rotatable bonds is 19. The summed E-state index contributed by atoms with van der Waals surface area (Å²) >= 11 is 0. The molecule has 6 amide bonds. The van der Waals surface area contributed by atoms with Gasteiger partial charge in [0.2, 0.25) is 35.6 Å². The van der Waals surface area contributed by atoms with Gasteiger partial charge >= 0.3 is 18.3 Å². The van der Waals surface area contributed by atoms with Crippen LogP contribution in [0.5, 0.6) is 0 Å². The molecule has 12 heterocycles. The van der Waals surface area contributed by atoms with E-state index in [1.807, 2.05) is 108 Å². The first-order valence-corrected chi connectivity index (χ1v) is 41.5. The SMILES string of the molecule is CCCOC(=O)N1CCN(c2ccc(Nc3ncn(-c4ccnc(N5C[C@@H](C)N(C(C)=O)[C@@H](C)C5)c4)n3)cc2)CC1.CCOC(=O)N1CCN(c2ccc(Nc3ncn(-c4ccnc(N5CCCN(C(C)=O)CC5)c4)n3)cc2)CC1.CCOC(=O)N1CCN(c2ccc(Nc3ncn(-c4ccnc(N5C[C@@H](C)N(C(C)=O)[C@@H](C)C5)c4)n3)cc2)CC1. The maximum atomic E-state index is 12.1. The highest BCUT2D eigenvalue weighted by Gasteiger charge is 2.35. The average Bonchev–Trinajstić information content (AvgIpc) is 1.49. The summed E-state index contributed by atoms with van der Waals surface area (Å²) in [6.07, 6.45) is 11.4. The zero-order valence-electron chi connectivity index (χ0n) is 70.3. The van der Waals surface area contributed by atoms with Crippen LogP contribution >= 0.6 is 0 Å². The van der Waals surface area contributed by atoms with Crippen molar-refractivity contribution in [1.82, 2.24) is 88.6 Å². The quantitative estimate of drug-likeness (QED) is 0.0634. The van der Waals surface area contributed by atoms with Gasteiger partial charge in [0, 0.05) is 247 Å². The van der Waals surface area contributed by atoms with Gasteiger partial charge in [-0.05, 0) is 145 Å². The lowest BCUT2D eigenvalue weighted by Gasteiger charge is -2.44. The molecule has 6 fully saturated rings. The molecule has 6 aromatic heterocycles. The van der Waals surface area contributed by atoms with E-state index in [-0.39, 0.29) is 60.2 Å². The van der Waals surface area contributed by atoms with Crippen LogP contribution in [0.15, 0.2) is 147 Å². The van der Waals surface area contributed by atoms with E-state index in [9.17, 15) is 28.8 Å². The predicted molar refractivity (Wildman–Crippen MR) is 460 cm³/mol. The van der Waals surface area contributed by atoms with Crippen molar-refractivity contribution in [3.05, 3.63) is 147 Å². The number of carbonyl (C=O) groups is 6. The van der Waals surface area contributed by atoms with Crippen molar-refractivity contribution < 1.29 is 43.0 Å². The molecule has 0 bridgehead atoms. The molecule has 36 nitrogen and oxygen atoms in total. The lowest BCUT2D eigenvalue weighted by Crippen LogP contribution is -2.58. The second-order valence-corrected chi connectivity index (χ2v) is 30.5. The lowest BCUT2D eigenvalue weighted by molar-refractivity contribution is -0.134. The monoisotopic (exact) mass is 1640 g/mol. The fraction of sp³-hybridized carbons (Fsp3) is 0.464. The summed E-state index contributed by atoms with van der Waals surface area (Å²) < 4.78 is 20.6. The van der Waals surface area contributed by atoms with Gasteiger partial charge in [-0.2, -0.15) is 15.0 Å². The molecule has 0 radical (unpaired) electrons. The number of hydrogen-bond acceptors (Lipinski definition) is 27. The number of ether oxygens (including phenoxy) is 3. The summed E-state index contributed by atoms with van der Waals surface area (Å²) in [4.78, 5) is 123. The Morgan fingerprint density at radius 3 is 0.958 bits per heavy atom. The molecular weight excluding hydrogens is 1530 g/mol. The number of nitrogens with one attached hydrogen (secondary N) is 3. The highest BCUT2D eigenvalue weighted by molar-refractivity contribution is 5.76. The first-order chi connectivity index (χ1) is 58.1. The summed E-state index contributed by atoms with van der Waals surface area (Å²) in [5, 5.41) is 23.7. The van der Waals surface area contributed by atoms with Crippen molar-refractivity contribution in [2.24, 2.45) is 0 Å². The minimum Gasteiger partial charge on any atom is -0.450 e. The molecule has 4 atom stereocenters. The Hall–Kier alpha value is -13.1. The smallest absolute Gasteiger partial charge is 0.409 e. The molecule has 0 aliphatic carbocycles. The largest absolute Gasteiger partial charge is 0.450 e.